The standard InChI is InChI=1S/C15H21BrN2O3/c1-15(2,7-8-19)10-18-13(20)9-17-14(21)11-5-3-4-6-12(11)16/h3-6,19H,7-10H2,1-2H3,(H,17,21)(H,18,20). The maximum Gasteiger partial charge on any atom is 0.252 e. The van der Waals surface area contributed by atoms with Crippen molar-refractivity contribution in [3.8, 4) is 0 Å². The van der Waals surface area contributed by atoms with Crippen LogP contribution in [0.4, 0.5) is 0 Å². The molecular weight excluding hydrogens is 336 g/mol. The first-order valence-corrected chi connectivity index (χ1v) is 7.55. The first-order valence-electron chi connectivity index (χ1n) is 6.76. The van der Waals surface area contributed by atoms with Gasteiger partial charge < -0.3 is 15.7 Å². The van der Waals surface area contributed by atoms with Gasteiger partial charge in [-0.25, -0.2) is 0 Å². The van der Waals surface area contributed by atoms with E-state index in [9.17, 15) is 9.59 Å². The van der Waals surface area contributed by atoms with E-state index in [-0.39, 0.29) is 30.4 Å². The van der Waals surface area contributed by atoms with Gasteiger partial charge in [-0.05, 0) is 39.9 Å². The minimum atomic E-state index is -0.299. The smallest absolute Gasteiger partial charge is 0.252 e. The second-order valence-corrected chi connectivity index (χ2v) is 6.43. The van der Waals surface area contributed by atoms with E-state index in [1.165, 1.54) is 0 Å². The molecule has 0 aliphatic heterocycles. The van der Waals surface area contributed by atoms with E-state index in [4.69, 9.17) is 5.11 Å². The lowest BCUT2D eigenvalue weighted by Crippen LogP contribution is -2.41. The summed E-state index contributed by atoms with van der Waals surface area (Å²) in [5.41, 5.74) is 0.322. The number of nitrogens with one attached hydrogen (secondary N) is 2. The molecule has 1 aromatic carbocycles. The number of rotatable bonds is 7. The van der Waals surface area contributed by atoms with Crippen LogP contribution < -0.4 is 10.6 Å². The number of benzene rings is 1. The van der Waals surface area contributed by atoms with Gasteiger partial charge in [-0.3, -0.25) is 9.59 Å². The third-order valence-electron chi connectivity index (χ3n) is 3.08. The summed E-state index contributed by atoms with van der Waals surface area (Å²) >= 11 is 3.29. The van der Waals surface area contributed by atoms with Crippen LogP contribution in [0.5, 0.6) is 0 Å². The Bertz CT molecular complexity index is 503. The Labute approximate surface area is 133 Å². The average molecular weight is 357 g/mol. The number of carbonyl (C=O) groups is 2. The average Bonchev–Trinajstić information content (AvgIpc) is 2.43. The SMILES string of the molecule is CC(C)(CCO)CNC(=O)CNC(=O)c1ccccc1Br. The van der Waals surface area contributed by atoms with Crippen molar-refractivity contribution in [2.45, 2.75) is 20.3 Å². The summed E-state index contributed by atoms with van der Waals surface area (Å²) < 4.78 is 0.687. The van der Waals surface area contributed by atoms with Crippen LogP contribution in [0.3, 0.4) is 0 Å². The molecule has 21 heavy (non-hydrogen) atoms. The van der Waals surface area contributed by atoms with Gasteiger partial charge in [0.2, 0.25) is 5.91 Å². The van der Waals surface area contributed by atoms with Crippen molar-refractivity contribution in [1.29, 1.82) is 0 Å². The molecule has 0 fully saturated rings. The number of halogens is 1. The summed E-state index contributed by atoms with van der Waals surface area (Å²) in [5, 5.41) is 14.3. The van der Waals surface area contributed by atoms with Gasteiger partial charge in [0, 0.05) is 17.6 Å². The zero-order valence-electron chi connectivity index (χ0n) is 12.3. The molecule has 0 aliphatic carbocycles. The monoisotopic (exact) mass is 356 g/mol. The minimum Gasteiger partial charge on any atom is -0.396 e. The number of aliphatic hydroxyl groups is 1. The van der Waals surface area contributed by atoms with Gasteiger partial charge in [0.05, 0.1) is 12.1 Å². The lowest BCUT2D eigenvalue weighted by molar-refractivity contribution is -0.120. The molecular formula is C15H21BrN2O3. The van der Waals surface area contributed by atoms with E-state index in [1.807, 2.05) is 19.9 Å². The zero-order valence-corrected chi connectivity index (χ0v) is 13.9. The van der Waals surface area contributed by atoms with Gasteiger partial charge in [0.25, 0.3) is 5.91 Å². The summed E-state index contributed by atoms with van der Waals surface area (Å²) in [7, 11) is 0. The van der Waals surface area contributed by atoms with Crippen LogP contribution in [-0.4, -0.2) is 36.6 Å². The molecule has 6 heteroatoms. The quantitative estimate of drug-likeness (QED) is 0.695. The molecule has 0 aliphatic rings. The lowest BCUT2D eigenvalue weighted by Gasteiger charge is -2.23. The van der Waals surface area contributed by atoms with Gasteiger partial charge >= 0.3 is 0 Å². The van der Waals surface area contributed by atoms with Crippen LogP contribution in [0.25, 0.3) is 0 Å². The van der Waals surface area contributed by atoms with Crippen molar-refractivity contribution in [2.75, 3.05) is 19.7 Å². The van der Waals surface area contributed by atoms with Crippen LogP contribution in [0.1, 0.15) is 30.6 Å². The first-order chi connectivity index (χ1) is 9.85. The van der Waals surface area contributed by atoms with E-state index in [0.717, 1.165) is 0 Å². The van der Waals surface area contributed by atoms with Crippen molar-refractivity contribution in [2.24, 2.45) is 5.41 Å². The Morgan fingerprint density at radius 3 is 2.52 bits per heavy atom. The topological polar surface area (TPSA) is 78.4 Å². The highest BCUT2D eigenvalue weighted by Crippen LogP contribution is 2.18. The molecule has 116 valence electrons. The van der Waals surface area contributed by atoms with Gasteiger partial charge in [-0.1, -0.05) is 26.0 Å². The third kappa shape index (κ3) is 6.27. The Hall–Kier alpha value is -1.40. The van der Waals surface area contributed by atoms with Crippen molar-refractivity contribution < 1.29 is 14.7 Å². The molecule has 0 saturated heterocycles. The Morgan fingerprint density at radius 1 is 1.24 bits per heavy atom. The molecule has 3 N–H and O–H groups in total. The second kappa shape index (κ2) is 8.14. The van der Waals surface area contributed by atoms with E-state index >= 15 is 0 Å². The highest BCUT2D eigenvalue weighted by atomic mass is 79.9. The van der Waals surface area contributed by atoms with Gasteiger partial charge in [-0.2, -0.15) is 0 Å². The number of aliphatic hydroxyl groups excluding tert-OH is 1. The van der Waals surface area contributed by atoms with Crippen LogP contribution >= 0.6 is 15.9 Å². The fourth-order valence-electron chi connectivity index (χ4n) is 1.69. The molecule has 1 aromatic rings. The van der Waals surface area contributed by atoms with Gasteiger partial charge in [0.15, 0.2) is 0 Å². The van der Waals surface area contributed by atoms with E-state index in [1.54, 1.807) is 18.2 Å². The largest absolute Gasteiger partial charge is 0.396 e. The van der Waals surface area contributed by atoms with Crippen LogP contribution in [0, 0.1) is 5.41 Å². The van der Waals surface area contributed by atoms with E-state index in [0.29, 0.717) is 23.0 Å². The molecule has 0 heterocycles. The normalized spacial score (nSPS) is 11.0. The Morgan fingerprint density at radius 2 is 1.90 bits per heavy atom. The van der Waals surface area contributed by atoms with Crippen molar-refractivity contribution in [3.63, 3.8) is 0 Å². The molecule has 1 rings (SSSR count). The molecule has 0 radical (unpaired) electrons. The molecule has 0 aromatic heterocycles. The third-order valence-corrected chi connectivity index (χ3v) is 3.77. The fraction of sp³-hybridized carbons (Fsp3) is 0.467. The summed E-state index contributed by atoms with van der Waals surface area (Å²) in [4.78, 5) is 23.6. The Balaban J connectivity index is 2.40. The van der Waals surface area contributed by atoms with Crippen molar-refractivity contribution in [3.05, 3.63) is 34.3 Å². The summed E-state index contributed by atoms with van der Waals surface area (Å²) in [5.74, 6) is -0.548. The summed E-state index contributed by atoms with van der Waals surface area (Å²) in [6, 6.07) is 7.03. The predicted octanol–water partition coefficient (Wildman–Crippen LogP) is 1.70. The van der Waals surface area contributed by atoms with Gasteiger partial charge in [-0.15, -0.1) is 0 Å². The number of carbonyl (C=O) groups excluding carboxylic acids is 2. The van der Waals surface area contributed by atoms with Crippen LogP contribution in [-0.2, 0) is 4.79 Å². The fourth-order valence-corrected chi connectivity index (χ4v) is 2.16. The molecule has 0 saturated carbocycles. The predicted molar refractivity (Wildman–Crippen MR) is 85.0 cm³/mol. The van der Waals surface area contributed by atoms with E-state index < -0.39 is 0 Å². The molecule has 0 unspecified atom stereocenters. The molecule has 5 nitrogen and oxygen atoms in total. The molecule has 0 atom stereocenters. The minimum absolute atomic E-state index is 0.0740. The summed E-state index contributed by atoms with van der Waals surface area (Å²) in [6.45, 7) is 4.39. The van der Waals surface area contributed by atoms with E-state index in [2.05, 4.69) is 26.6 Å². The maximum atomic E-state index is 11.9. The number of hydrogen-bond acceptors (Lipinski definition) is 3. The van der Waals surface area contributed by atoms with Crippen LogP contribution in [0.2, 0.25) is 0 Å². The summed E-state index contributed by atoms with van der Waals surface area (Å²) in [6.07, 6.45) is 0.608. The zero-order chi connectivity index (χ0) is 15.9. The number of hydrogen-bond donors (Lipinski definition) is 3. The first kappa shape index (κ1) is 17.7. The van der Waals surface area contributed by atoms with Crippen molar-refractivity contribution >= 4 is 27.7 Å². The van der Waals surface area contributed by atoms with Crippen molar-refractivity contribution in [1.82, 2.24) is 10.6 Å². The number of amides is 2. The Kier molecular flexibility index (Phi) is 6.84. The second-order valence-electron chi connectivity index (χ2n) is 5.58. The molecule has 0 spiro atoms. The highest BCUT2D eigenvalue weighted by molar-refractivity contribution is 9.10. The maximum absolute atomic E-state index is 11.9. The highest BCUT2D eigenvalue weighted by Gasteiger charge is 2.18. The van der Waals surface area contributed by atoms with Gasteiger partial charge in [0.1, 0.15) is 0 Å². The lowest BCUT2D eigenvalue weighted by atomic mass is 9.90. The molecule has 2 amide bonds. The van der Waals surface area contributed by atoms with Crippen LogP contribution in [0.15, 0.2) is 28.7 Å². The molecule has 0 bridgehead atoms.